The number of aryl methyl sites for hydroxylation is 1. The molecule has 0 unspecified atom stereocenters. The zero-order valence-corrected chi connectivity index (χ0v) is 12.3. The normalized spacial score (nSPS) is 11.1. The number of hydrogen-bond acceptors (Lipinski definition) is 5. The summed E-state index contributed by atoms with van der Waals surface area (Å²) in [6.45, 7) is 0. The number of aromatic nitrogens is 5. The molecule has 0 amide bonds. The van der Waals surface area contributed by atoms with Crippen LogP contribution in [0.5, 0.6) is 0 Å². The summed E-state index contributed by atoms with van der Waals surface area (Å²) in [5.41, 5.74) is 0.866. The molecule has 0 aliphatic rings. The Hall–Kier alpha value is -2.35. The van der Waals surface area contributed by atoms with Crippen LogP contribution in [0.3, 0.4) is 0 Å². The molecule has 3 aromatic rings. The molecule has 3 aromatic heterocycles. The van der Waals surface area contributed by atoms with Gasteiger partial charge in [-0.3, -0.25) is 18.9 Å². The molecule has 0 aromatic carbocycles. The van der Waals surface area contributed by atoms with E-state index in [0.717, 1.165) is 10.3 Å². The first-order valence-electron chi connectivity index (χ1n) is 6.26. The number of imidazole rings is 1. The van der Waals surface area contributed by atoms with Gasteiger partial charge in [0.15, 0.2) is 16.3 Å². The van der Waals surface area contributed by atoms with Crippen molar-refractivity contribution in [3.63, 3.8) is 0 Å². The maximum atomic E-state index is 12.0. The van der Waals surface area contributed by atoms with Gasteiger partial charge in [-0.25, -0.2) is 9.78 Å². The summed E-state index contributed by atoms with van der Waals surface area (Å²) < 4.78 is 2.42. The Labute approximate surface area is 123 Å². The first-order valence-corrected chi connectivity index (χ1v) is 7.25. The van der Waals surface area contributed by atoms with E-state index >= 15 is 0 Å². The Morgan fingerprint density at radius 2 is 2.05 bits per heavy atom. The molecular formula is C13H13N5O2S. The minimum absolute atomic E-state index is 0.336. The van der Waals surface area contributed by atoms with E-state index in [-0.39, 0.29) is 11.2 Å². The van der Waals surface area contributed by atoms with E-state index in [1.807, 2.05) is 18.2 Å². The van der Waals surface area contributed by atoms with Crippen molar-refractivity contribution in [1.29, 1.82) is 0 Å². The van der Waals surface area contributed by atoms with Crippen molar-refractivity contribution in [2.24, 2.45) is 14.1 Å². The summed E-state index contributed by atoms with van der Waals surface area (Å²) in [7, 11) is 3.05. The molecule has 0 aliphatic carbocycles. The summed E-state index contributed by atoms with van der Waals surface area (Å²) in [6, 6.07) is 5.69. The third-order valence-corrected chi connectivity index (χ3v) is 4.06. The smallest absolute Gasteiger partial charge is 0.327 e. The molecule has 0 bridgehead atoms. The predicted octanol–water partition coefficient (Wildman–Crippen LogP) is 0.648. The van der Waals surface area contributed by atoms with Crippen molar-refractivity contribution in [3.05, 3.63) is 50.9 Å². The minimum Gasteiger partial charge on any atom is -0.327 e. The molecule has 3 heterocycles. The lowest BCUT2D eigenvalue weighted by Crippen LogP contribution is -2.36. The molecule has 0 fully saturated rings. The zero-order chi connectivity index (χ0) is 15.0. The van der Waals surface area contributed by atoms with Crippen LogP contribution in [0.4, 0.5) is 0 Å². The number of nitrogens with one attached hydrogen (secondary N) is 1. The van der Waals surface area contributed by atoms with Gasteiger partial charge in [0.1, 0.15) is 0 Å². The fourth-order valence-electron chi connectivity index (χ4n) is 2.00. The Morgan fingerprint density at radius 1 is 1.24 bits per heavy atom. The summed E-state index contributed by atoms with van der Waals surface area (Å²) in [4.78, 5) is 35.4. The van der Waals surface area contributed by atoms with Gasteiger partial charge in [0, 0.05) is 26.0 Å². The highest BCUT2D eigenvalue weighted by molar-refractivity contribution is 7.98. The molecule has 0 spiro atoms. The zero-order valence-electron chi connectivity index (χ0n) is 11.5. The van der Waals surface area contributed by atoms with Gasteiger partial charge >= 0.3 is 5.69 Å². The lowest BCUT2D eigenvalue weighted by atomic mass is 10.4. The molecule has 0 atom stereocenters. The molecule has 108 valence electrons. The van der Waals surface area contributed by atoms with Crippen LogP contribution >= 0.6 is 11.8 Å². The molecule has 0 aliphatic heterocycles. The van der Waals surface area contributed by atoms with Gasteiger partial charge in [0.05, 0.1) is 5.69 Å². The van der Waals surface area contributed by atoms with Crippen LogP contribution in [-0.4, -0.2) is 24.1 Å². The number of H-pyrrole nitrogens is 1. The Bertz CT molecular complexity index is 910. The largest absolute Gasteiger partial charge is 0.332 e. The highest BCUT2D eigenvalue weighted by atomic mass is 32.2. The third-order valence-electron chi connectivity index (χ3n) is 3.16. The first kappa shape index (κ1) is 13.6. The van der Waals surface area contributed by atoms with E-state index in [1.165, 1.54) is 23.4 Å². The van der Waals surface area contributed by atoms with Crippen LogP contribution in [0.25, 0.3) is 11.2 Å². The summed E-state index contributed by atoms with van der Waals surface area (Å²) in [6.07, 6.45) is 1.73. The van der Waals surface area contributed by atoms with Crippen LogP contribution in [0.1, 0.15) is 5.69 Å². The van der Waals surface area contributed by atoms with Gasteiger partial charge in [0.2, 0.25) is 0 Å². The number of rotatable bonds is 3. The predicted molar refractivity (Wildman–Crippen MR) is 80.4 cm³/mol. The lowest BCUT2D eigenvalue weighted by Gasteiger charge is -2.00. The number of hydrogen-bond donors (Lipinski definition) is 1. The first-order chi connectivity index (χ1) is 10.1. The second-order valence-electron chi connectivity index (χ2n) is 4.56. The Kier molecular flexibility index (Phi) is 3.38. The van der Waals surface area contributed by atoms with Gasteiger partial charge in [-0.15, -0.1) is 0 Å². The molecule has 21 heavy (non-hydrogen) atoms. The SMILES string of the molecule is Cn1c(=O)c2[nH]c(SCc3ccccn3)nc2n(C)c1=O. The van der Waals surface area contributed by atoms with E-state index in [2.05, 4.69) is 15.0 Å². The molecule has 0 radical (unpaired) electrons. The minimum atomic E-state index is -0.389. The van der Waals surface area contributed by atoms with Crippen molar-refractivity contribution in [2.45, 2.75) is 10.9 Å². The van der Waals surface area contributed by atoms with Gasteiger partial charge in [-0.1, -0.05) is 17.8 Å². The van der Waals surface area contributed by atoms with E-state index in [1.54, 1.807) is 13.2 Å². The molecule has 1 N–H and O–H groups in total. The average molecular weight is 303 g/mol. The van der Waals surface area contributed by atoms with E-state index in [9.17, 15) is 9.59 Å². The quantitative estimate of drug-likeness (QED) is 0.718. The lowest BCUT2D eigenvalue weighted by molar-refractivity contribution is 0.708. The molecule has 8 heteroatoms. The van der Waals surface area contributed by atoms with Crippen LogP contribution in [0.15, 0.2) is 39.1 Å². The van der Waals surface area contributed by atoms with E-state index in [0.29, 0.717) is 22.1 Å². The average Bonchev–Trinajstić information content (AvgIpc) is 2.94. The maximum Gasteiger partial charge on any atom is 0.332 e. The molecule has 7 nitrogen and oxygen atoms in total. The molecular weight excluding hydrogens is 290 g/mol. The van der Waals surface area contributed by atoms with Crippen molar-refractivity contribution in [3.8, 4) is 0 Å². The fourth-order valence-corrected chi connectivity index (χ4v) is 2.78. The molecule has 0 saturated carbocycles. The fraction of sp³-hybridized carbons (Fsp3) is 0.231. The van der Waals surface area contributed by atoms with Gasteiger partial charge in [0.25, 0.3) is 5.56 Å². The van der Waals surface area contributed by atoms with Crippen LogP contribution < -0.4 is 11.2 Å². The van der Waals surface area contributed by atoms with Crippen LogP contribution in [-0.2, 0) is 19.8 Å². The molecule has 0 saturated heterocycles. The standard InChI is InChI=1S/C13H13N5O2S/c1-17-10-9(11(19)18(2)13(17)20)15-12(16-10)21-7-8-5-3-4-6-14-8/h3-6H,7H2,1-2H3,(H,15,16). The number of aromatic amines is 1. The van der Waals surface area contributed by atoms with Crippen molar-refractivity contribution < 1.29 is 0 Å². The van der Waals surface area contributed by atoms with Crippen molar-refractivity contribution in [1.82, 2.24) is 24.1 Å². The van der Waals surface area contributed by atoms with Gasteiger partial charge in [-0.2, -0.15) is 0 Å². The van der Waals surface area contributed by atoms with E-state index in [4.69, 9.17) is 0 Å². The highest BCUT2D eigenvalue weighted by Crippen LogP contribution is 2.20. The van der Waals surface area contributed by atoms with Gasteiger partial charge in [-0.05, 0) is 12.1 Å². The van der Waals surface area contributed by atoms with Crippen LogP contribution in [0.2, 0.25) is 0 Å². The Balaban J connectivity index is 1.99. The maximum absolute atomic E-state index is 12.0. The number of nitrogens with zero attached hydrogens (tertiary/aromatic N) is 4. The van der Waals surface area contributed by atoms with Crippen LogP contribution in [0, 0.1) is 0 Å². The topological polar surface area (TPSA) is 85.6 Å². The second kappa shape index (κ2) is 5.21. The van der Waals surface area contributed by atoms with Crippen molar-refractivity contribution in [2.75, 3.05) is 0 Å². The molecule has 3 rings (SSSR count). The highest BCUT2D eigenvalue weighted by Gasteiger charge is 2.13. The number of fused-ring (bicyclic) bond motifs is 1. The summed E-state index contributed by atoms with van der Waals surface area (Å²) in [5.74, 6) is 0.634. The number of pyridine rings is 1. The van der Waals surface area contributed by atoms with Gasteiger partial charge < -0.3 is 4.98 Å². The van der Waals surface area contributed by atoms with E-state index < -0.39 is 0 Å². The monoisotopic (exact) mass is 303 g/mol. The Morgan fingerprint density at radius 3 is 2.76 bits per heavy atom. The number of thioether (sulfide) groups is 1. The third kappa shape index (κ3) is 2.38. The summed E-state index contributed by atoms with van der Waals surface area (Å²) in [5, 5.41) is 0.592. The summed E-state index contributed by atoms with van der Waals surface area (Å²) >= 11 is 1.44. The van der Waals surface area contributed by atoms with Crippen molar-refractivity contribution >= 4 is 22.9 Å². The second-order valence-corrected chi connectivity index (χ2v) is 5.52.